The highest BCUT2D eigenvalue weighted by molar-refractivity contribution is 5.34. The smallest absolute Gasteiger partial charge is 0.199 e. The van der Waals surface area contributed by atoms with Gasteiger partial charge in [0.15, 0.2) is 12.1 Å². The van der Waals surface area contributed by atoms with E-state index in [0.717, 1.165) is 44.9 Å². The van der Waals surface area contributed by atoms with Crippen LogP contribution in [0.5, 0.6) is 0 Å². The number of fused-ring (bicyclic) bond motifs is 4. The number of aliphatic hydroxyl groups is 5. The molecule has 0 aromatic rings. The Balaban J connectivity index is 1.10. The van der Waals surface area contributed by atoms with E-state index >= 15 is 0 Å². The monoisotopic (exact) mass is 620 g/mol. The van der Waals surface area contributed by atoms with Crippen LogP contribution in [0.2, 0.25) is 0 Å². The minimum absolute atomic E-state index is 0.0559. The summed E-state index contributed by atoms with van der Waals surface area (Å²) in [5, 5.41) is 54.5. The lowest BCUT2D eigenvalue weighted by atomic mass is 9.41. The minimum atomic E-state index is -1.28. The van der Waals surface area contributed by atoms with Gasteiger partial charge in [-0.2, -0.15) is 0 Å². The first-order chi connectivity index (χ1) is 20.4. The number of hydrogen-bond donors (Lipinski definition) is 5. The van der Waals surface area contributed by atoms with Crippen LogP contribution in [0.4, 0.5) is 0 Å². The lowest BCUT2D eigenvalue weighted by Crippen LogP contribution is -2.61. The van der Waals surface area contributed by atoms with Crippen LogP contribution in [-0.2, 0) is 18.9 Å². The fourth-order valence-electron chi connectivity index (χ4n) is 14.0. The molecule has 5 N–H and O–H groups in total. The van der Waals surface area contributed by atoms with Gasteiger partial charge in [0, 0.05) is 11.3 Å². The van der Waals surface area contributed by atoms with E-state index < -0.39 is 48.2 Å². The van der Waals surface area contributed by atoms with E-state index in [4.69, 9.17) is 18.9 Å². The molecule has 17 atom stereocenters. The average Bonchev–Trinajstić information content (AvgIpc) is 3.45. The Labute approximate surface area is 262 Å². The first-order valence-electron chi connectivity index (χ1n) is 17.5. The molecule has 250 valence electrons. The van der Waals surface area contributed by atoms with Crippen LogP contribution in [0.3, 0.4) is 0 Å². The largest absolute Gasteiger partial charge is 0.388 e. The molecule has 9 heteroatoms. The fraction of sp³-hybridized carbons (Fsp3) is 1.00. The lowest BCUT2D eigenvalue weighted by Gasteiger charge is -2.63. The molecule has 2 bridgehead atoms. The topological polar surface area (TPSA) is 138 Å². The van der Waals surface area contributed by atoms with Gasteiger partial charge in [-0.05, 0) is 105 Å². The standard InChI is InChI=1S/C35H56O9/c1-17-14-19-26(30(4,5)40)44-35(43-19)25(17)31(6)12-13-34-16-33(34)11-10-22(42-27-24(38)23(37)18(36)15-41-27)29(2,3)20(33)8-9-21(34)32(31,7)28(35)39/h17-28,36-40H,8-16H2,1-7H3/t17-,18+,19+,20?,21?,22+,23-,24+,25?,26+,27?,28?,31-,32-,33-,34+,35+/m1/s1. The third kappa shape index (κ3) is 3.38. The van der Waals surface area contributed by atoms with Gasteiger partial charge in [0.25, 0.3) is 0 Å². The quantitative estimate of drug-likeness (QED) is 0.301. The molecule has 5 unspecified atom stereocenters. The molecule has 0 aromatic carbocycles. The minimum Gasteiger partial charge on any atom is -0.388 e. The van der Waals surface area contributed by atoms with Crippen molar-refractivity contribution in [2.24, 2.45) is 50.7 Å². The van der Waals surface area contributed by atoms with Crippen molar-refractivity contribution in [3.63, 3.8) is 0 Å². The van der Waals surface area contributed by atoms with Gasteiger partial charge in [0.1, 0.15) is 30.5 Å². The van der Waals surface area contributed by atoms with Crippen molar-refractivity contribution in [3.8, 4) is 0 Å². The number of ether oxygens (including phenoxy) is 4. The Morgan fingerprint density at radius 3 is 2.23 bits per heavy atom. The second-order valence-corrected chi connectivity index (χ2v) is 18.3. The Morgan fingerprint density at radius 1 is 0.841 bits per heavy atom. The third-order valence-corrected chi connectivity index (χ3v) is 15.9. The summed E-state index contributed by atoms with van der Waals surface area (Å²) in [7, 11) is 0. The third-order valence-electron chi connectivity index (χ3n) is 15.9. The summed E-state index contributed by atoms with van der Waals surface area (Å²) < 4.78 is 25.8. The first-order valence-corrected chi connectivity index (χ1v) is 17.5. The van der Waals surface area contributed by atoms with Gasteiger partial charge < -0.3 is 44.5 Å². The molecule has 3 saturated heterocycles. The number of aliphatic hydroxyl groups excluding tert-OH is 4. The van der Waals surface area contributed by atoms with E-state index in [1.54, 1.807) is 13.8 Å². The van der Waals surface area contributed by atoms with Crippen molar-refractivity contribution in [3.05, 3.63) is 0 Å². The van der Waals surface area contributed by atoms with Crippen molar-refractivity contribution in [1.29, 1.82) is 0 Å². The predicted molar refractivity (Wildman–Crippen MR) is 159 cm³/mol. The molecule has 5 saturated carbocycles. The summed E-state index contributed by atoms with van der Waals surface area (Å²) in [6.45, 7) is 15.2. The zero-order valence-corrected chi connectivity index (χ0v) is 27.7. The predicted octanol–water partition coefficient (Wildman–Crippen LogP) is 3.12. The first kappa shape index (κ1) is 30.9. The molecule has 3 spiro atoms. The van der Waals surface area contributed by atoms with Crippen molar-refractivity contribution in [2.75, 3.05) is 6.61 Å². The highest BCUT2D eigenvalue weighted by Crippen LogP contribution is 2.90. The van der Waals surface area contributed by atoms with E-state index in [1.807, 2.05) is 0 Å². The summed E-state index contributed by atoms with van der Waals surface area (Å²) in [5.41, 5.74) is -1.39. The zero-order chi connectivity index (χ0) is 31.6. The van der Waals surface area contributed by atoms with E-state index in [1.165, 1.54) is 6.42 Å². The summed E-state index contributed by atoms with van der Waals surface area (Å²) in [6.07, 6.45) is 2.00. The van der Waals surface area contributed by atoms with Gasteiger partial charge >= 0.3 is 0 Å². The Morgan fingerprint density at radius 2 is 1.52 bits per heavy atom. The molecular formula is C35H56O9. The van der Waals surface area contributed by atoms with Crippen molar-refractivity contribution >= 4 is 0 Å². The van der Waals surface area contributed by atoms with E-state index in [0.29, 0.717) is 17.8 Å². The van der Waals surface area contributed by atoms with Crippen LogP contribution in [0.25, 0.3) is 0 Å². The molecule has 8 fully saturated rings. The van der Waals surface area contributed by atoms with Crippen LogP contribution in [-0.4, -0.2) is 92.5 Å². The van der Waals surface area contributed by atoms with Gasteiger partial charge in [-0.1, -0.05) is 34.6 Å². The number of rotatable bonds is 3. The van der Waals surface area contributed by atoms with Crippen molar-refractivity contribution < 1.29 is 44.5 Å². The maximum Gasteiger partial charge on any atom is 0.199 e. The van der Waals surface area contributed by atoms with E-state index in [9.17, 15) is 25.5 Å². The molecule has 44 heavy (non-hydrogen) atoms. The Bertz CT molecular complexity index is 1200. The average molecular weight is 621 g/mol. The van der Waals surface area contributed by atoms with Crippen LogP contribution < -0.4 is 0 Å². The number of hydrogen-bond acceptors (Lipinski definition) is 9. The van der Waals surface area contributed by atoms with Crippen LogP contribution in [0.15, 0.2) is 0 Å². The summed E-state index contributed by atoms with van der Waals surface area (Å²) in [6, 6.07) is 0. The van der Waals surface area contributed by atoms with Gasteiger partial charge in [0.2, 0.25) is 0 Å². The second-order valence-electron chi connectivity index (χ2n) is 18.3. The van der Waals surface area contributed by atoms with Crippen LogP contribution >= 0.6 is 0 Å². The van der Waals surface area contributed by atoms with Crippen LogP contribution in [0.1, 0.15) is 99.8 Å². The highest BCUT2D eigenvalue weighted by atomic mass is 16.8. The molecule has 3 aliphatic heterocycles. The molecule has 0 amide bonds. The summed E-state index contributed by atoms with van der Waals surface area (Å²) in [4.78, 5) is 0. The Kier molecular flexibility index (Phi) is 6.33. The molecule has 3 heterocycles. The van der Waals surface area contributed by atoms with Crippen molar-refractivity contribution in [1.82, 2.24) is 0 Å². The van der Waals surface area contributed by atoms with Crippen molar-refractivity contribution in [2.45, 2.75) is 160 Å². The normalized spacial score (nSPS) is 62.2. The summed E-state index contributed by atoms with van der Waals surface area (Å²) >= 11 is 0. The van der Waals surface area contributed by atoms with Gasteiger partial charge in [-0.25, -0.2) is 0 Å². The van der Waals surface area contributed by atoms with E-state index in [2.05, 4.69) is 34.6 Å². The summed E-state index contributed by atoms with van der Waals surface area (Å²) in [5.74, 6) is 0.108. The maximum absolute atomic E-state index is 12.7. The maximum atomic E-state index is 12.7. The van der Waals surface area contributed by atoms with Gasteiger partial charge in [-0.3, -0.25) is 0 Å². The molecule has 0 radical (unpaired) electrons. The molecular weight excluding hydrogens is 564 g/mol. The SMILES string of the molecule is C[C@@H]1C[C@@H]2O[C@@]3(O[C@@H]2C(C)(C)O)C(O)[C@@]2(C)C4CCC5C(C)(C)[C@@H](OC6OC[C@H](O)[C@@H](O)[C@@H]6O)CC[C@@]56C[C@@]46CC[C@]2(C)C13. The molecule has 8 aliphatic rings. The second kappa shape index (κ2) is 9.00. The lowest BCUT2D eigenvalue weighted by molar-refractivity contribution is -0.303. The molecule has 0 aromatic heterocycles. The van der Waals surface area contributed by atoms with Crippen LogP contribution in [0, 0.1) is 50.7 Å². The van der Waals surface area contributed by atoms with Gasteiger partial charge in [-0.15, -0.1) is 0 Å². The fourth-order valence-corrected chi connectivity index (χ4v) is 14.0. The Hall–Kier alpha value is -0.360. The molecule has 5 aliphatic carbocycles. The van der Waals surface area contributed by atoms with Gasteiger partial charge in [0.05, 0.1) is 24.4 Å². The molecule has 9 nitrogen and oxygen atoms in total. The molecule has 8 rings (SSSR count). The van der Waals surface area contributed by atoms with E-state index in [-0.39, 0.29) is 51.8 Å². The zero-order valence-electron chi connectivity index (χ0n) is 27.7. The highest BCUT2D eigenvalue weighted by Gasteiger charge is 2.88.